The predicted octanol–water partition coefficient (Wildman–Crippen LogP) is 3.24. The van der Waals surface area contributed by atoms with Crippen LogP contribution in [0.4, 0.5) is 0 Å². The number of allylic oxidation sites excluding steroid dienone is 2. The van der Waals surface area contributed by atoms with Crippen LogP contribution in [0.5, 0.6) is 0 Å². The van der Waals surface area contributed by atoms with E-state index in [4.69, 9.17) is 0 Å². The lowest BCUT2D eigenvalue weighted by Crippen LogP contribution is -2.34. The molecular formula is C13H24N2O. The highest BCUT2D eigenvalue weighted by molar-refractivity contribution is 5.85. The molecule has 0 aromatic carbocycles. The lowest BCUT2D eigenvalue weighted by Gasteiger charge is -2.39. The Labute approximate surface area is 98.6 Å². The van der Waals surface area contributed by atoms with E-state index < -0.39 is 0 Å². The number of hydrazone groups is 1. The van der Waals surface area contributed by atoms with Crippen molar-refractivity contribution in [3.8, 4) is 0 Å². The first-order chi connectivity index (χ1) is 7.49. The molecule has 0 aliphatic heterocycles. The maximum absolute atomic E-state index is 9.50. The minimum atomic E-state index is 0.0571. The molecule has 2 atom stereocenters. The first-order valence-electron chi connectivity index (χ1n) is 6.09. The van der Waals surface area contributed by atoms with Crippen molar-refractivity contribution < 1.29 is 5.11 Å². The van der Waals surface area contributed by atoms with Gasteiger partial charge < -0.3 is 10.5 Å². The summed E-state index contributed by atoms with van der Waals surface area (Å²) in [4.78, 5) is 0. The van der Waals surface area contributed by atoms with Gasteiger partial charge in [0.15, 0.2) is 0 Å². The van der Waals surface area contributed by atoms with E-state index >= 15 is 0 Å². The van der Waals surface area contributed by atoms with Crippen molar-refractivity contribution in [1.29, 1.82) is 0 Å². The van der Waals surface area contributed by atoms with E-state index in [0.29, 0.717) is 11.7 Å². The fourth-order valence-electron chi connectivity index (χ4n) is 2.95. The highest BCUT2D eigenvalue weighted by Gasteiger charge is 2.36. The van der Waals surface area contributed by atoms with Gasteiger partial charge in [0.2, 0.25) is 0 Å². The van der Waals surface area contributed by atoms with Gasteiger partial charge in [0.1, 0.15) is 0 Å². The topological polar surface area (TPSA) is 44.6 Å². The number of nitrogens with one attached hydrogen (secondary N) is 1. The van der Waals surface area contributed by atoms with Crippen LogP contribution in [-0.2, 0) is 0 Å². The summed E-state index contributed by atoms with van der Waals surface area (Å²) >= 11 is 0. The summed E-state index contributed by atoms with van der Waals surface area (Å²) in [6.45, 7) is 6.05. The molecule has 0 aromatic heterocycles. The van der Waals surface area contributed by atoms with Crippen molar-refractivity contribution in [3.63, 3.8) is 0 Å². The average Bonchev–Trinajstić information content (AvgIpc) is 2.16. The summed E-state index contributed by atoms with van der Waals surface area (Å²) < 4.78 is 0. The van der Waals surface area contributed by atoms with Gasteiger partial charge in [-0.1, -0.05) is 19.8 Å². The smallest absolute Gasteiger partial charge is 0.0857 e. The Morgan fingerprint density at radius 2 is 2.12 bits per heavy atom. The first kappa shape index (κ1) is 13.1. The van der Waals surface area contributed by atoms with E-state index in [1.54, 1.807) is 6.92 Å². The third-order valence-corrected chi connectivity index (χ3v) is 3.59. The van der Waals surface area contributed by atoms with Crippen LogP contribution in [0.2, 0.25) is 0 Å². The van der Waals surface area contributed by atoms with Crippen molar-refractivity contribution in [2.24, 2.45) is 16.4 Å². The Kier molecular flexibility index (Phi) is 4.39. The van der Waals surface area contributed by atoms with E-state index in [0.717, 1.165) is 18.6 Å². The van der Waals surface area contributed by atoms with Crippen molar-refractivity contribution in [1.82, 2.24) is 5.43 Å². The van der Waals surface area contributed by atoms with Crippen LogP contribution in [-0.4, -0.2) is 17.9 Å². The van der Waals surface area contributed by atoms with Gasteiger partial charge in [0.05, 0.1) is 5.76 Å². The second kappa shape index (κ2) is 5.37. The number of hydrogen-bond donors (Lipinski definition) is 2. The Bertz CT molecular complexity index is 292. The van der Waals surface area contributed by atoms with E-state index in [1.165, 1.54) is 12.8 Å². The standard InChI is InChI=1S/C13H24N2O/c1-10(16)9-13(3)8-6-5-7-12(13)11(2)15-14-4/h9,12,14,16H,5-8H2,1-4H3/b10-9+,15-11+/t12-,13+/m0/s1. The second-order valence-electron chi connectivity index (χ2n) is 5.07. The second-order valence-corrected chi connectivity index (χ2v) is 5.07. The fraction of sp³-hybridized carbons (Fsp3) is 0.769. The number of nitrogens with zero attached hydrogens (tertiary/aromatic N) is 1. The molecule has 1 aliphatic rings. The molecule has 0 unspecified atom stereocenters. The van der Waals surface area contributed by atoms with E-state index in [2.05, 4.69) is 24.4 Å². The molecule has 3 heteroatoms. The van der Waals surface area contributed by atoms with Crippen molar-refractivity contribution >= 4 is 5.71 Å². The molecule has 1 saturated carbocycles. The summed E-state index contributed by atoms with van der Waals surface area (Å²) in [5.41, 5.74) is 4.06. The van der Waals surface area contributed by atoms with Crippen LogP contribution in [0.3, 0.4) is 0 Å². The first-order valence-corrected chi connectivity index (χ1v) is 6.09. The van der Waals surface area contributed by atoms with Crippen LogP contribution in [0.1, 0.15) is 46.5 Å². The van der Waals surface area contributed by atoms with Gasteiger partial charge in [-0.15, -0.1) is 0 Å². The summed E-state index contributed by atoms with van der Waals surface area (Å²) in [5.74, 6) is 0.863. The maximum Gasteiger partial charge on any atom is 0.0857 e. The third-order valence-electron chi connectivity index (χ3n) is 3.59. The molecule has 0 radical (unpaired) electrons. The molecule has 1 rings (SSSR count). The molecule has 2 N–H and O–H groups in total. The molecule has 3 nitrogen and oxygen atoms in total. The van der Waals surface area contributed by atoms with Gasteiger partial charge in [-0.2, -0.15) is 5.10 Å². The fourth-order valence-corrected chi connectivity index (χ4v) is 2.95. The van der Waals surface area contributed by atoms with Crippen molar-refractivity contribution in [2.75, 3.05) is 7.05 Å². The zero-order chi connectivity index (χ0) is 12.2. The maximum atomic E-state index is 9.50. The normalized spacial score (nSPS) is 32.6. The van der Waals surface area contributed by atoms with Gasteiger partial charge >= 0.3 is 0 Å². The Balaban J connectivity index is 2.94. The van der Waals surface area contributed by atoms with Crippen LogP contribution in [0, 0.1) is 11.3 Å². The molecule has 0 bridgehead atoms. The van der Waals surface area contributed by atoms with Crippen LogP contribution in [0.15, 0.2) is 16.9 Å². The summed E-state index contributed by atoms with van der Waals surface area (Å²) in [7, 11) is 1.83. The predicted molar refractivity (Wildman–Crippen MR) is 68.6 cm³/mol. The SMILES string of the molecule is CN/N=C(\C)[C@@H]1CCCC[C@]1(C)/C=C(\C)O. The summed E-state index contributed by atoms with van der Waals surface area (Å²) in [6, 6.07) is 0. The molecule has 0 spiro atoms. The number of rotatable bonds is 3. The monoisotopic (exact) mass is 224 g/mol. The number of aliphatic hydroxyl groups is 1. The summed E-state index contributed by atoms with van der Waals surface area (Å²) in [5, 5.41) is 13.8. The molecule has 0 heterocycles. The van der Waals surface area contributed by atoms with Crippen LogP contribution >= 0.6 is 0 Å². The van der Waals surface area contributed by atoms with Gasteiger partial charge in [0, 0.05) is 18.7 Å². The molecule has 0 amide bonds. The highest BCUT2D eigenvalue weighted by atomic mass is 16.3. The molecule has 1 aliphatic carbocycles. The van der Waals surface area contributed by atoms with Crippen LogP contribution < -0.4 is 5.43 Å². The van der Waals surface area contributed by atoms with E-state index in [1.807, 2.05) is 13.1 Å². The highest BCUT2D eigenvalue weighted by Crippen LogP contribution is 2.43. The summed E-state index contributed by atoms with van der Waals surface area (Å²) in [6.07, 6.45) is 6.80. The zero-order valence-corrected chi connectivity index (χ0v) is 10.9. The van der Waals surface area contributed by atoms with Gasteiger partial charge in [0.25, 0.3) is 0 Å². The van der Waals surface area contributed by atoms with Crippen LogP contribution in [0.25, 0.3) is 0 Å². The number of aliphatic hydroxyl groups excluding tert-OH is 1. The molecule has 0 saturated heterocycles. The Morgan fingerprint density at radius 3 is 2.69 bits per heavy atom. The largest absolute Gasteiger partial charge is 0.513 e. The zero-order valence-electron chi connectivity index (χ0n) is 10.9. The Morgan fingerprint density at radius 1 is 1.44 bits per heavy atom. The minimum absolute atomic E-state index is 0.0571. The van der Waals surface area contributed by atoms with Gasteiger partial charge in [-0.05, 0) is 38.2 Å². The number of hydrogen-bond acceptors (Lipinski definition) is 3. The molecular weight excluding hydrogens is 200 g/mol. The molecule has 0 aromatic rings. The van der Waals surface area contributed by atoms with E-state index in [-0.39, 0.29) is 5.41 Å². The minimum Gasteiger partial charge on any atom is -0.513 e. The quantitative estimate of drug-likeness (QED) is 0.439. The van der Waals surface area contributed by atoms with E-state index in [9.17, 15) is 5.11 Å². The lowest BCUT2D eigenvalue weighted by molar-refractivity contribution is 0.221. The molecule has 16 heavy (non-hydrogen) atoms. The molecule has 1 fully saturated rings. The van der Waals surface area contributed by atoms with Gasteiger partial charge in [-0.3, -0.25) is 0 Å². The van der Waals surface area contributed by atoms with Gasteiger partial charge in [-0.25, -0.2) is 0 Å². The Hall–Kier alpha value is -0.990. The van der Waals surface area contributed by atoms with Crippen molar-refractivity contribution in [3.05, 3.63) is 11.8 Å². The molecule has 92 valence electrons. The third kappa shape index (κ3) is 3.00. The van der Waals surface area contributed by atoms with Crippen molar-refractivity contribution in [2.45, 2.75) is 46.5 Å². The average molecular weight is 224 g/mol. The lowest BCUT2D eigenvalue weighted by atomic mass is 9.65.